The highest BCUT2D eigenvalue weighted by Gasteiger charge is 2.25. The van der Waals surface area contributed by atoms with Crippen LogP contribution in [0.2, 0.25) is 0 Å². The number of carbonyl (C=O) groups excluding carboxylic acids is 1. The van der Waals surface area contributed by atoms with Gasteiger partial charge in [-0.2, -0.15) is 0 Å². The zero-order valence-electron chi connectivity index (χ0n) is 11.3. The number of rotatable bonds is 5. The van der Waals surface area contributed by atoms with Gasteiger partial charge in [-0.05, 0) is 18.8 Å². The molecule has 1 aliphatic rings. The van der Waals surface area contributed by atoms with Crippen LogP contribution < -0.4 is 5.32 Å². The molecule has 0 spiro atoms. The van der Waals surface area contributed by atoms with Gasteiger partial charge in [0.05, 0.1) is 6.42 Å². The van der Waals surface area contributed by atoms with Gasteiger partial charge in [0.2, 0.25) is 0 Å². The molecule has 0 heterocycles. The molecule has 0 aromatic heterocycles. The SMILES string of the molecule is CCC1CCCCC1NC(=O)N(C)CCC(=O)O. The van der Waals surface area contributed by atoms with Crippen molar-refractivity contribution in [3.63, 3.8) is 0 Å². The third-order valence-corrected chi connectivity index (χ3v) is 3.75. The van der Waals surface area contributed by atoms with Crippen LogP contribution in [0.5, 0.6) is 0 Å². The van der Waals surface area contributed by atoms with E-state index in [1.807, 2.05) is 0 Å². The van der Waals surface area contributed by atoms with Crippen molar-refractivity contribution in [1.82, 2.24) is 10.2 Å². The average Bonchev–Trinajstić information content (AvgIpc) is 2.36. The molecule has 0 aromatic carbocycles. The van der Waals surface area contributed by atoms with Crippen molar-refractivity contribution in [2.24, 2.45) is 5.92 Å². The van der Waals surface area contributed by atoms with Crippen LogP contribution in [-0.2, 0) is 4.79 Å². The topological polar surface area (TPSA) is 69.6 Å². The van der Waals surface area contributed by atoms with Crippen molar-refractivity contribution >= 4 is 12.0 Å². The maximum atomic E-state index is 11.9. The number of hydrogen-bond acceptors (Lipinski definition) is 2. The summed E-state index contributed by atoms with van der Waals surface area (Å²) in [5, 5.41) is 11.6. The minimum Gasteiger partial charge on any atom is -0.481 e. The normalized spacial score (nSPS) is 23.4. The van der Waals surface area contributed by atoms with Crippen LogP contribution in [-0.4, -0.2) is 41.6 Å². The number of amides is 2. The Morgan fingerprint density at radius 1 is 1.33 bits per heavy atom. The molecule has 5 heteroatoms. The van der Waals surface area contributed by atoms with E-state index in [1.165, 1.54) is 24.2 Å². The highest BCUT2D eigenvalue weighted by molar-refractivity contribution is 5.75. The molecule has 1 aliphatic carbocycles. The van der Waals surface area contributed by atoms with Crippen molar-refractivity contribution in [3.05, 3.63) is 0 Å². The van der Waals surface area contributed by atoms with Crippen molar-refractivity contribution in [2.45, 2.75) is 51.5 Å². The van der Waals surface area contributed by atoms with Crippen LogP contribution in [0, 0.1) is 5.92 Å². The lowest BCUT2D eigenvalue weighted by Crippen LogP contribution is -2.47. The molecule has 0 aromatic rings. The lowest BCUT2D eigenvalue weighted by molar-refractivity contribution is -0.137. The molecule has 2 atom stereocenters. The fraction of sp³-hybridized carbons (Fsp3) is 0.846. The molecule has 2 unspecified atom stereocenters. The van der Waals surface area contributed by atoms with E-state index in [1.54, 1.807) is 7.05 Å². The van der Waals surface area contributed by atoms with E-state index in [0.717, 1.165) is 12.8 Å². The first-order chi connectivity index (χ1) is 8.54. The second-order valence-corrected chi connectivity index (χ2v) is 5.07. The second kappa shape index (κ2) is 7.24. The summed E-state index contributed by atoms with van der Waals surface area (Å²) in [4.78, 5) is 23.8. The van der Waals surface area contributed by atoms with Gasteiger partial charge in [-0.15, -0.1) is 0 Å². The van der Waals surface area contributed by atoms with E-state index in [2.05, 4.69) is 12.2 Å². The quantitative estimate of drug-likeness (QED) is 0.791. The Morgan fingerprint density at radius 2 is 2.00 bits per heavy atom. The lowest BCUT2D eigenvalue weighted by Gasteiger charge is -2.32. The number of urea groups is 1. The highest BCUT2D eigenvalue weighted by Crippen LogP contribution is 2.26. The predicted octanol–water partition coefficient (Wildman–Crippen LogP) is 2.07. The van der Waals surface area contributed by atoms with Gasteiger partial charge in [-0.3, -0.25) is 4.79 Å². The summed E-state index contributed by atoms with van der Waals surface area (Å²) in [6.07, 6.45) is 5.72. The average molecular weight is 256 g/mol. The molecule has 2 amide bonds. The molecular formula is C13H24N2O3. The third kappa shape index (κ3) is 4.55. The third-order valence-electron chi connectivity index (χ3n) is 3.75. The van der Waals surface area contributed by atoms with Crippen molar-refractivity contribution in [2.75, 3.05) is 13.6 Å². The Hall–Kier alpha value is -1.26. The molecule has 5 nitrogen and oxygen atoms in total. The lowest BCUT2D eigenvalue weighted by atomic mass is 9.83. The van der Waals surface area contributed by atoms with Crippen LogP contribution in [0.3, 0.4) is 0 Å². The van der Waals surface area contributed by atoms with E-state index in [4.69, 9.17) is 5.11 Å². The Morgan fingerprint density at radius 3 is 2.61 bits per heavy atom. The van der Waals surface area contributed by atoms with Crippen molar-refractivity contribution < 1.29 is 14.7 Å². The molecule has 0 aliphatic heterocycles. The first-order valence-electron chi connectivity index (χ1n) is 6.78. The number of hydrogen-bond donors (Lipinski definition) is 2. The maximum Gasteiger partial charge on any atom is 0.317 e. The Labute approximate surface area is 109 Å². The Bertz CT molecular complexity index is 294. The molecule has 0 saturated heterocycles. The largest absolute Gasteiger partial charge is 0.481 e. The molecule has 104 valence electrons. The van der Waals surface area contributed by atoms with E-state index < -0.39 is 5.97 Å². The molecule has 1 rings (SSSR count). The van der Waals surface area contributed by atoms with Gasteiger partial charge >= 0.3 is 12.0 Å². The highest BCUT2D eigenvalue weighted by atomic mass is 16.4. The van der Waals surface area contributed by atoms with Crippen LogP contribution in [0.1, 0.15) is 45.4 Å². The van der Waals surface area contributed by atoms with Gasteiger partial charge in [0.15, 0.2) is 0 Å². The van der Waals surface area contributed by atoms with Crippen LogP contribution in [0.4, 0.5) is 4.79 Å². The van der Waals surface area contributed by atoms with Gasteiger partial charge in [0.25, 0.3) is 0 Å². The predicted molar refractivity (Wildman–Crippen MR) is 69.5 cm³/mol. The number of aliphatic carboxylic acids is 1. The van der Waals surface area contributed by atoms with Gasteiger partial charge in [-0.25, -0.2) is 4.79 Å². The fourth-order valence-corrected chi connectivity index (χ4v) is 2.52. The standard InChI is InChI=1S/C13H24N2O3/c1-3-10-6-4-5-7-11(10)14-13(18)15(2)9-8-12(16)17/h10-11H,3-9H2,1-2H3,(H,14,18)(H,16,17). The molecule has 2 N–H and O–H groups in total. The van der Waals surface area contributed by atoms with Crippen LogP contribution in [0.25, 0.3) is 0 Å². The van der Waals surface area contributed by atoms with E-state index in [9.17, 15) is 9.59 Å². The summed E-state index contributed by atoms with van der Waals surface area (Å²) >= 11 is 0. The smallest absolute Gasteiger partial charge is 0.317 e. The summed E-state index contributed by atoms with van der Waals surface area (Å²) in [5.74, 6) is -0.311. The number of carboxylic acid groups (broad SMARTS) is 1. The van der Waals surface area contributed by atoms with Gasteiger partial charge < -0.3 is 15.3 Å². The summed E-state index contributed by atoms with van der Waals surface area (Å²) in [6.45, 7) is 2.41. The van der Waals surface area contributed by atoms with Crippen LogP contribution >= 0.6 is 0 Å². The second-order valence-electron chi connectivity index (χ2n) is 5.07. The minimum absolute atomic E-state index is 0.00814. The van der Waals surface area contributed by atoms with Crippen molar-refractivity contribution in [1.29, 1.82) is 0 Å². The zero-order valence-corrected chi connectivity index (χ0v) is 11.3. The molecule has 1 fully saturated rings. The molecule has 18 heavy (non-hydrogen) atoms. The van der Waals surface area contributed by atoms with Gasteiger partial charge in [-0.1, -0.05) is 26.2 Å². The van der Waals surface area contributed by atoms with E-state index >= 15 is 0 Å². The fourth-order valence-electron chi connectivity index (χ4n) is 2.52. The summed E-state index contributed by atoms with van der Waals surface area (Å²) in [6, 6.07) is 0.102. The Balaban J connectivity index is 2.39. The van der Waals surface area contributed by atoms with Gasteiger partial charge in [0, 0.05) is 19.6 Å². The summed E-state index contributed by atoms with van der Waals surface area (Å²) in [7, 11) is 1.64. The van der Waals surface area contributed by atoms with E-state index in [0.29, 0.717) is 5.92 Å². The zero-order chi connectivity index (χ0) is 13.5. The summed E-state index contributed by atoms with van der Waals surface area (Å²) < 4.78 is 0. The Kier molecular flexibility index (Phi) is 5.95. The van der Waals surface area contributed by atoms with E-state index in [-0.39, 0.29) is 25.0 Å². The molecular weight excluding hydrogens is 232 g/mol. The molecule has 0 radical (unpaired) electrons. The molecule has 0 bridgehead atoms. The molecule has 1 saturated carbocycles. The first-order valence-corrected chi connectivity index (χ1v) is 6.78. The first kappa shape index (κ1) is 14.8. The maximum absolute atomic E-state index is 11.9. The van der Waals surface area contributed by atoms with Gasteiger partial charge in [0.1, 0.15) is 0 Å². The minimum atomic E-state index is -0.876. The monoisotopic (exact) mass is 256 g/mol. The summed E-state index contributed by atoms with van der Waals surface area (Å²) in [5.41, 5.74) is 0. The number of carbonyl (C=O) groups is 2. The van der Waals surface area contributed by atoms with Crippen LogP contribution in [0.15, 0.2) is 0 Å². The van der Waals surface area contributed by atoms with Crippen molar-refractivity contribution in [3.8, 4) is 0 Å². The number of nitrogens with zero attached hydrogens (tertiary/aromatic N) is 1. The number of nitrogens with one attached hydrogen (secondary N) is 1. The number of carboxylic acids is 1.